The van der Waals surface area contributed by atoms with E-state index < -0.39 is 29.4 Å². The largest absolute Gasteiger partial charge is 0.493 e. The predicted molar refractivity (Wildman–Crippen MR) is 83.8 cm³/mol. The molecule has 7 heteroatoms. The number of carboxylic acid groups (broad SMARTS) is 1. The second-order valence-corrected chi connectivity index (χ2v) is 5.96. The number of carbonyl (C=O) groups is 2. The number of carbonyl (C=O) groups excluding carboxylic acids is 1. The van der Waals surface area contributed by atoms with Gasteiger partial charge in [0.2, 0.25) is 5.91 Å². The van der Waals surface area contributed by atoms with Crippen molar-refractivity contribution >= 4 is 11.9 Å². The molecule has 23 heavy (non-hydrogen) atoms. The zero-order chi connectivity index (χ0) is 17.8. The van der Waals surface area contributed by atoms with E-state index in [2.05, 4.69) is 5.32 Å². The fraction of sp³-hybridized carbons (Fsp3) is 0.500. The maximum Gasteiger partial charge on any atom is 0.337 e. The van der Waals surface area contributed by atoms with Gasteiger partial charge in [-0.1, -0.05) is 6.07 Å². The van der Waals surface area contributed by atoms with E-state index in [0.29, 0.717) is 17.1 Å². The van der Waals surface area contributed by atoms with Gasteiger partial charge in [0.15, 0.2) is 17.1 Å². The van der Waals surface area contributed by atoms with E-state index in [1.54, 1.807) is 32.0 Å². The summed E-state index contributed by atoms with van der Waals surface area (Å²) in [6, 6.07) is 5.11. The SMILES string of the molecule is COc1ccc(C(C)(C)C(=O)NCC(C)(O)C(=O)O)cc1OC. The highest BCUT2D eigenvalue weighted by Gasteiger charge is 2.35. The van der Waals surface area contributed by atoms with Crippen LogP contribution in [-0.4, -0.2) is 48.5 Å². The third-order valence-electron chi connectivity index (χ3n) is 3.73. The molecule has 0 aliphatic carbocycles. The minimum absolute atomic E-state index is 0.391. The van der Waals surface area contributed by atoms with Crippen LogP contribution in [-0.2, 0) is 15.0 Å². The van der Waals surface area contributed by atoms with Gasteiger partial charge in [-0.05, 0) is 38.5 Å². The summed E-state index contributed by atoms with van der Waals surface area (Å²) < 4.78 is 10.4. The van der Waals surface area contributed by atoms with Gasteiger partial charge in [0.1, 0.15) is 0 Å². The van der Waals surface area contributed by atoms with Crippen LogP contribution in [0.25, 0.3) is 0 Å². The van der Waals surface area contributed by atoms with E-state index in [0.717, 1.165) is 6.92 Å². The lowest BCUT2D eigenvalue weighted by Gasteiger charge is -2.27. The fourth-order valence-corrected chi connectivity index (χ4v) is 1.91. The maximum absolute atomic E-state index is 12.4. The molecule has 0 fully saturated rings. The van der Waals surface area contributed by atoms with Crippen LogP contribution in [0.1, 0.15) is 26.3 Å². The molecule has 0 bridgehead atoms. The highest BCUT2D eigenvalue weighted by Crippen LogP contribution is 2.33. The maximum atomic E-state index is 12.4. The van der Waals surface area contributed by atoms with Crippen LogP contribution in [0.4, 0.5) is 0 Å². The Bertz CT molecular complexity index is 594. The van der Waals surface area contributed by atoms with Gasteiger partial charge in [-0.2, -0.15) is 0 Å². The summed E-state index contributed by atoms with van der Waals surface area (Å²) in [6.07, 6.45) is 0. The average molecular weight is 325 g/mol. The van der Waals surface area contributed by atoms with Crippen molar-refractivity contribution in [2.45, 2.75) is 31.8 Å². The summed E-state index contributed by atoms with van der Waals surface area (Å²) in [5.74, 6) is -0.780. The van der Waals surface area contributed by atoms with Crippen LogP contribution < -0.4 is 14.8 Å². The molecule has 0 saturated heterocycles. The summed E-state index contributed by atoms with van der Waals surface area (Å²) in [7, 11) is 3.02. The van der Waals surface area contributed by atoms with Gasteiger partial charge in [-0.15, -0.1) is 0 Å². The minimum atomic E-state index is -2.02. The molecule has 1 unspecified atom stereocenters. The number of hydrogen-bond acceptors (Lipinski definition) is 5. The Morgan fingerprint density at radius 1 is 1.13 bits per heavy atom. The van der Waals surface area contributed by atoms with E-state index in [1.165, 1.54) is 14.2 Å². The number of nitrogens with one attached hydrogen (secondary N) is 1. The van der Waals surface area contributed by atoms with Crippen molar-refractivity contribution in [2.24, 2.45) is 0 Å². The molecule has 128 valence electrons. The summed E-state index contributed by atoms with van der Waals surface area (Å²) in [4.78, 5) is 23.3. The van der Waals surface area contributed by atoms with Gasteiger partial charge < -0.3 is 25.0 Å². The van der Waals surface area contributed by atoms with Crippen LogP contribution in [0.3, 0.4) is 0 Å². The van der Waals surface area contributed by atoms with Gasteiger partial charge in [-0.3, -0.25) is 4.79 Å². The molecule has 1 aromatic rings. The third-order valence-corrected chi connectivity index (χ3v) is 3.73. The molecule has 0 aromatic heterocycles. The van der Waals surface area contributed by atoms with Crippen molar-refractivity contribution in [3.8, 4) is 11.5 Å². The molecule has 0 radical (unpaired) electrons. The molecular formula is C16H23NO6. The second kappa shape index (κ2) is 6.87. The molecule has 3 N–H and O–H groups in total. The van der Waals surface area contributed by atoms with Gasteiger partial charge in [0.25, 0.3) is 0 Å². The smallest absolute Gasteiger partial charge is 0.337 e. The van der Waals surface area contributed by atoms with Crippen molar-refractivity contribution in [1.82, 2.24) is 5.32 Å². The lowest BCUT2D eigenvalue weighted by molar-refractivity contribution is -0.156. The first-order valence-corrected chi connectivity index (χ1v) is 7.03. The summed E-state index contributed by atoms with van der Waals surface area (Å²) in [5.41, 5.74) is -2.31. The van der Waals surface area contributed by atoms with E-state index in [-0.39, 0.29) is 0 Å². The first-order chi connectivity index (χ1) is 10.6. The van der Waals surface area contributed by atoms with Crippen LogP contribution in [0.5, 0.6) is 11.5 Å². The van der Waals surface area contributed by atoms with Crippen LogP contribution in [0, 0.1) is 0 Å². The van der Waals surface area contributed by atoms with Crippen LogP contribution in [0.15, 0.2) is 18.2 Å². The monoisotopic (exact) mass is 325 g/mol. The lowest BCUT2D eigenvalue weighted by atomic mass is 9.83. The number of aliphatic hydroxyl groups is 1. The molecule has 1 atom stereocenters. The van der Waals surface area contributed by atoms with Crippen LogP contribution in [0.2, 0.25) is 0 Å². The van der Waals surface area contributed by atoms with E-state index >= 15 is 0 Å². The average Bonchev–Trinajstić information content (AvgIpc) is 2.51. The number of hydrogen-bond donors (Lipinski definition) is 3. The van der Waals surface area contributed by atoms with Crippen molar-refractivity contribution in [3.05, 3.63) is 23.8 Å². The van der Waals surface area contributed by atoms with Crippen molar-refractivity contribution in [1.29, 1.82) is 0 Å². The Morgan fingerprint density at radius 2 is 1.70 bits per heavy atom. The number of carboxylic acids is 1. The number of benzene rings is 1. The molecular weight excluding hydrogens is 302 g/mol. The first-order valence-electron chi connectivity index (χ1n) is 7.03. The Hall–Kier alpha value is -2.28. The molecule has 0 heterocycles. The number of amides is 1. The number of methoxy groups -OCH3 is 2. The second-order valence-electron chi connectivity index (χ2n) is 5.96. The quantitative estimate of drug-likeness (QED) is 0.689. The number of ether oxygens (including phenoxy) is 2. The van der Waals surface area contributed by atoms with E-state index in [9.17, 15) is 14.7 Å². The normalized spacial score (nSPS) is 13.8. The summed E-state index contributed by atoms with van der Waals surface area (Å²) >= 11 is 0. The van der Waals surface area contributed by atoms with Crippen molar-refractivity contribution < 1.29 is 29.3 Å². The molecule has 0 saturated carbocycles. The van der Waals surface area contributed by atoms with Gasteiger partial charge >= 0.3 is 5.97 Å². The third kappa shape index (κ3) is 4.13. The highest BCUT2D eigenvalue weighted by atomic mass is 16.5. The van der Waals surface area contributed by atoms with Crippen molar-refractivity contribution in [3.63, 3.8) is 0 Å². The Labute approximate surface area is 135 Å². The van der Waals surface area contributed by atoms with Crippen molar-refractivity contribution in [2.75, 3.05) is 20.8 Å². The standard InChI is InChI=1S/C16H23NO6/c1-15(2,13(18)17-9-16(3,21)14(19)20)10-6-7-11(22-4)12(8-10)23-5/h6-8,21H,9H2,1-5H3,(H,17,18)(H,19,20). The Kier molecular flexibility index (Phi) is 5.60. The summed E-state index contributed by atoms with van der Waals surface area (Å²) in [6.45, 7) is 4.12. The Balaban J connectivity index is 2.97. The fourth-order valence-electron chi connectivity index (χ4n) is 1.91. The molecule has 1 amide bonds. The zero-order valence-electron chi connectivity index (χ0n) is 14.0. The number of rotatable bonds is 7. The van der Waals surface area contributed by atoms with Gasteiger partial charge in [0.05, 0.1) is 26.2 Å². The topological polar surface area (TPSA) is 105 Å². The molecule has 0 aliphatic rings. The van der Waals surface area contributed by atoms with Gasteiger partial charge in [0, 0.05) is 0 Å². The lowest BCUT2D eigenvalue weighted by Crippen LogP contribution is -2.50. The van der Waals surface area contributed by atoms with Crippen LogP contribution >= 0.6 is 0 Å². The van der Waals surface area contributed by atoms with Gasteiger partial charge in [-0.25, -0.2) is 4.79 Å². The van der Waals surface area contributed by atoms with E-state index in [1.807, 2.05) is 0 Å². The minimum Gasteiger partial charge on any atom is -0.493 e. The number of aliphatic carboxylic acids is 1. The molecule has 7 nitrogen and oxygen atoms in total. The highest BCUT2D eigenvalue weighted by molar-refractivity contribution is 5.88. The van der Waals surface area contributed by atoms with E-state index in [4.69, 9.17) is 14.6 Å². The molecule has 1 rings (SSSR count). The summed E-state index contributed by atoms with van der Waals surface area (Å²) in [5, 5.41) is 21.0. The Morgan fingerprint density at radius 3 is 2.17 bits per heavy atom. The predicted octanol–water partition coefficient (Wildman–Crippen LogP) is 0.933. The molecule has 0 aliphatic heterocycles. The zero-order valence-corrected chi connectivity index (χ0v) is 14.0. The molecule has 0 spiro atoms. The molecule has 1 aromatic carbocycles. The first kappa shape index (κ1) is 18.8.